The first kappa shape index (κ1) is 20.8. The van der Waals surface area contributed by atoms with Gasteiger partial charge < -0.3 is 15.3 Å². The number of aromatic nitrogens is 3. The number of aromatic hydroxyl groups is 1. The third-order valence-corrected chi connectivity index (χ3v) is 5.81. The summed E-state index contributed by atoms with van der Waals surface area (Å²) in [6, 6.07) is 13.3. The Labute approximate surface area is 190 Å². The average molecular weight is 443 g/mol. The van der Waals surface area contributed by atoms with Gasteiger partial charge >= 0.3 is 0 Å². The van der Waals surface area contributed by atoms with Gasteiger partial charge in [0.25, 0.3) is 5.91 Å². The highest BCUT2D eigenvalue weighted by atomic mass is 19.1. The zero-order valence-corrected chi connectivity index (χ0v) is 18.0. The van der Waals surface area contributed by atoms with Crippen molar-refractivity contribution in [2.24, 2.45) is 0 Å². The van der Waals surface area contributed by atoms with E-state index >= 15 is 0 Å². The van der Waals surface area contributed by atoms with Gasteiger partial charge in [-0.25, -0.2) is 14.4 Å². The van der Waals surface area contributed by atoms with Crippen molar-refractivity contribution in [1.82, 2.24) is 20.3 Å². The van der Waals surface area contributed by atoms with Crippen LogP contribution in [-0.2, 0) is 0 Å². The van der Waals surface area contributed by atoms with Crippen molar-refractivity contribution in [3.63, 3.8) is 0 Å². The molecular weight excluding hydrogens is 421 g/mol. The highest BCUT2D eigenvalue weighted by molar-refractivity contribution is 5.94. The average Bonchev–Trinajstić information content (AvgIpc) is 3.27. The van der Waals surface area contributed by atoms with Crippen molar-refractivity contribution < 1.29 is 14.3 Å². The fraction of sp³-hybridized carbons (Fsp3) is 0.200. The Hall–Kier alpha value is -4.07. The van der Waals surface area contributed by atoms with E-state index < -0.39 is 5.82 Å². The molecule has 1 aliphatic heterocycles. The Kier molecular flexibility index (Phi) is 5.34. The highest BCUT2D eigenvalue weighted by Gasteiger charge is 2.28. The van der Waals surface area contributed by atoms with Crippen LogP contribution in [0.1, 0.15) is 22.3 Å². The van der Waals surface area contributed by atoms with E-state index in [2.05, 4.69) is 25.2 Å². The van der Waals surface area contributed by atoms with Crippen LogP contribution in [0.2, 0.25) is 0 Å². The summed E-state index contributed by atoms with van der Waals surface area (Å²) in [6.45, 7) is 3.19. The van der Waals surface area contributed by atoms with Crippen LogP contribution in [0.5, 0.6) is 5.75 Å². The minimum Gasteiger partial charge on any atom is -0.507 e. The van der Waals surface area contributed by atoms with Gasteiger partial charge in [-0.2, -0.15) is 0 Å². The molecule has 0 unspecified atom stereocenters. The molecule has 0 radical (unpaired) electrons. The first-order valence-electron chi connectivity index (χ1n) is 10.7. The summed E-state index contributed by atoms with van der Waals surface area (Å²) in [5, 5.41) is 14.2. The maximum Gasteiger partial charge on any atom is 0.251 e. The predicted molar refractivity (Wildman–Crippen MR) is 124 cm³/mol. The first-order chi connectivity index (χ1) is 16.0. The van der Waals surface area contributed by atoms with Gasteiger partial charge in [0.2, 0.25) is 0 Å². The molecule has 8 heteroatoms. The molecule has 0 saturated carbocycles. The van der Waals surface area contributed by atoms with Crippen LogP contribution in [0.3, 0.4) is 0 Å². The Balaban J connectivity index is 1.49. The lowest BCUT2D eigenvalue weighted by molar-refractivity contribution is 0.0940. The van der Waals surface area contributed by atoms with Crippen LogP contribution in [0.15, 0.2) is 60.9 Å². The van der Waals surface area contributed by atoms with E-state index in [9.17, 15) is 14.3 Å². The van der Waals surface area contributed by atoms with E-state index in [0.717, 1.165) is 17.4 Å². The molecule has 0 bridgehead atoms. The van der Waals surface area contributed by atoms with Crippen LogP contribution in [-0.4, -0.2) is 45.1 Å². The molecule has 2 aromatic heterocycles. The Morgan fingerprint density at radius 2 is 1.97 bits per heavy atom. The van der Waals surface area contributed by atoms with Gasteiger partial charge in [0.05, 0.1) is 11.1 Å². The third-order valence-electron chi connectivity index (χ3n) is 5.81. The molecule has 5 rings (SSSR count). The number of amides is 1. The number of anilines is 1. The molecule has 0 aliphatic carbocycles. The van der Waals surface area contributed by atoms with Crippen molar-refractivity contribution in [3.05, 3.63) is 77.9 Å². The lowest BCUT2D eigenvalue weighted by Gasteiger charge is -2.21. The van der Waals surface area contributed by atoms with Gasteiger partial charge in [0.1, 0.15) is 17.4 Å². The van der Waals surface area contributed by atoms with Crippen LogP contribution in [0.4, 0.5) is 10.2 Å². The maximum atomic E-state index is 14.6. The van der Waals surface area contributed by atoms with E-state index in [1.54, 1.807) is 24.5 Å². The monoisotopic (exact) mass is 443 g/mol. The summed E-state index contributed by atoms with van der Waals surface area (Å²) in [5.41, 5.74) is 2.22. The van der Waals surface area contributed by atoms with Gasteiger partial charge in [-0.1, -0.05) is 12.1 Å². The predicted octanol–water partition coefficient (Wildman–Crippen LogP) is 3.85. The fourth-order valence-electron chi connectivity index (χ4n) is 4.15. The largest absolute Gasteiger partial charge is 0.507 e. The lowest BCUT2D eigenvalue weighted by atomic mass is 10.1. The number of carbonyl (C=O) groups is 1. The molecule has 1 aliphatic rings. The second-order valence-electron chi connectivity index (χ2n) is 8.17. The number of hydrogen-bond acceptors (Lipinski definition) is 6. The first-order valence-corrected chi connectivity index (χ1v) is 10.7. The van der Waals surface area contributed by atoms with Crippen molar-refractivity contribution in [1.29, 1.82) is 0 Å². The highest BCUT2D eigenvalue weighted by Crippen LogP contribution is 2.34. The number of hydrogen-bond donors (Lipinski definition) is 2. The van der Waals surface area contributed by atoms with E-state index in [4.69, 9.17) is 0 Å². The van der Waals surface area contributed by atoms with Crippen molar-refractivity contribution in [3.8, 4) is 17.1 Å². The molecule has 1 atom stereocenters. The van der Waals surface area contributed by atoms with Gasteiger partial charge in [-0.3, -0.25) is 9.78 Å². The molecule has 1 amide bonds. The van der Waals surface area contributed by atoms with Gasteiger partial charge in [0, 0.05) is 42.5 Å². The van der Waals surface area contributed by atoms with E-state index in [1.807, 2.05) is 25.1 Å². The smallest absolute Gasteiger partial charge is 0.251 e. The molecular formula is C25H22FN5O2. The number of fused-ring (bicyclic) bond motifs is 1. The zero-order valence-electron chi connectivity index (χ0n) is 18.0. The molecule has 33 heavy (non-hydrogen) atoms. The summed E-state index contributed by atoms with van der Waals surface area (Å²) in [6.07, 6.45) is 3.92. The van der Waals surface area contributed by atoms with E-state index in [1.165, 1.54) is 18.2 Å². The number of phenols is 1. The number of halogens is 1. The molecule has 1 saturated heterocycles. The Morgan fingerprint density at radius 1 is 1.15 bits per heavy atom. The minimum absolute atomic E-state index is 0.0242. The van der Waals surface area contributed by atoms with Crippen LogP contribution >= 0.6 is 0 Å². The zero-order chi connectivity index (χ0) is 22.9. The maximum absolute atomic E-state index is 14.6. The van der Waals surface area contributed by atoms with Crippen molar-refractivity contribution in [2.75, 3.05) is 18.0 Å². The Morgan fingerprint density at radius 3 is 2.76 bits per heavy atom. The molecule has 4 aromatic rings. The summed E-state index contributed by atoms with van der Waals surface area (Å²) in [5.74, 6) is -0.167. The molecule has 2 aromatic carbocycles. The molecule has 0 spiro atoms. The number of pyridine rings is 1. The number of rotatable bonds is 4. The normalized spacial score (nSPS) is 15.7. The summed E-state index contributed by atoms with van der Waals surface area (Å²) < 4.78 is 14.6. The fourth-order valence-corrected chi connectivity index (χ4v) is 4.15. The number of carbonyl (C=O) groups excluding carboxylic acids is 1. The van der Waals surface area contributed by atoms with E-state index in [0.29, 0.717) is 30.0 Å². The number of nitrogens with zero attached hydrogens (tertiary/aromatic N) is 4. The number of phenolic OH excluding ortho intramolecular Hbond substituents is 1. The number of nitrogens with one attached hydrogen (secondary N) is 1. The summed E-state index contributed by atoms with van der Waals surface area (Å²) >= 11 is 0. The topological polar surface area (TPSA) is 91.2 Å². The second kappa shape index (κ2) is 8.46. The standard InChI is InChI=1S/C25H22FN5O2/c1-15-5-6-18-20(13-15)29-23(22-19(26)3-2-4-21(22)32)30-24(18)31-12-9-17(14-31)28-25(33)16-7-10-27-11-8-16/h2-8,10-11,13,17,32H,9,12,14H2,1H3,(H,28,33)/t17-/m1/s1. The van der Waals surface area contributed by atoms with Crippen molar-refractivity contribution in [2.45, 2.75) is 19.4 Å². The SMILES string of the molecule is Cc1ccc2c(N3CC[C@@H](NC(=O)c4ccncc4)C3)nc(-c3c(O)cccc3F)nc2c1. The third kappa shape index (κ3) is 4.07. The number of aryl methyl sites for hydroxylation is 1. The van der Waals surface area contributed by atoms with Crippen molar-refractivity contribution >= 4 is 22.6 Å². The lowest BCUT2D eigenvalue weighted by Crippen LogP contribution is -2.37. The van der Waals surface area contributed by atoms with Gasteiger partial charge in [-0.05, 0) is 55.3 Å². The molecule has 2 N–H and O–H groups in total. The quantitative estimate of drug-likeness (QED) is 0.498. The molecule has 1 fully saturated rings. The second-order valence-corrected chi connectivity index (χ2v) is 8.17. The molecule has 7 nitrogen and oxygen atoms in total. The summed E-state index contributed by atoms with van der Waals surface area (Å²) in [7, 11) is 0. The van der Waals surface area contributed by atoms with Crippen LogP contribution < -0.4 is 10.2 Å². The number of benzene rings is 2. The van der Waals surface area contributed by atoms with Gasteiger partial charge in [-0.15, -0.1) is 0 Å². The van der Waals surface area contributed by atoms with Crippen LogP contribution in [0, 0.1) is 12.7 Å². The summed E-state index contributed by atoms with van der Waals surface area (Å²) in [4.78, 5) is 27.8. The minimum atomic E-state index is -0.586. The van der Waals surface area contributed by atoms with Gasteiger partial charge in [0.15, 0.2) is 5.82 Å². The van der Waals surface area contributed by atoms with E-state index in [-0.39, 0.29) is 29.1 Å². The molecule has 166 valence electrons. The van der Waals surface area contributed by atoms with Crippen LogP contribution in [0.25, 0.3) is 22.3 Å². The molecule has 3 heterocycles. The Bertz CT molecular complexity index is 1330.